The molecular weight excluding hydrogens is 274 g/mol. The number of thioether (sulfide) groups is 2. The highest BCUT2D eigenvalue weighted by atomic mass is 32.2. The van der Waals surface area contributed by atoms with Crippen LogP contribution < -0.4 is 5.32 Å². The molecule has 0 aromatic carbocycles. The summed E-state index contributed by atoms with van der Waals surface area (Å²) in [5, 5.41) is 9.46. The molecule has 0 amide bonds. The minimum atomic E-state index is 0.618. The van der Waals surface area contributed by atoms with Crippen molar-refractivity contribution in [2.75, 3.05) is 18.1 Å². The van der Waals surface area contributed by atoms with Gasteiger partial charge in [0.25, 0.3) is 0 Å². The summed E-state index contributed by atoms with van der Waals surface area (Å²) in [5.74, 6) is 2.61. The van der Waals surface area contributed by atoms with E-state index < -0.39 is 0 Å². The molecule has 1 saturated heterocycles. The molecule has 1 N–H and O–H groups in total. The monoisotopic (exact) mass is 299 g/mol. The Hall–Kier alpha value is -0.130. The summed E-state index contributed by atoms with van der Waals surface area (Å²) < 4.78 is 2.00. The molecule has 0 aliphatic carbocycles. The molecule has 19 heavy (non-hydrogen) atoms. The highest BCUT2D eigenvalue weighted by Gasteiger charge is 2.29. The van der Waals surface area contributed by atoms with E-state index in [0.29, 0.717) is 6.04 Å². The van der Waals surface area contributed by atoms with Crippen molar-refractivity contribution < 1.29 is 0 Å². The first-order valence-corrected chi connectivity index (χ1v) is 9.25. The lowest BCUT2D eigenvalue weighted by molar-refractivity contribution is 0.467. The fourth-order valence-corrected chi connectivity index (χ4v) is 5.69. The molecule has 3 nitrogen and oxygen atoms in total. The second-order valence-electron chi connectivity index (χ2n) is 5.06. The third kappa shape index (κ3) is 4.17. The Morgan fingerprint density at radius 2 is 2.26 bits per heavy atom. The molecule has 1 aromatic heterocycles. The molecule has 3 unspecified atom stereocenters. The largest absolute Gasteiger partial charge is 0.313 e. The van der Waals surface area contributed by atoms with Crippen LogP contribution >= 0.6 is 23.5 Å². The maximum absolute atomic E-state index is 4.25. The lowest BCUT2D eigenvalue weighted by Gasteiger charge is -2.35. The molecule has 1 aromatic rings. The molecule has 1 aliphatic rings. The van der Waals surface area contributed by atoms with Gasteiger partial charge in [-0.15, -0.1) is 0 Å². The van der Waals surface area contributed by atoms with Crippen molar-refractivity contribution in [3.05, 3.63) is 18.0 Å². The predicted octanol–water partition coefficient (Wildman–Crippen LogP) is 2.57. The van der Waals surface area contributed by atoms with Crippen molar-refractivity contribution in [2.45, 2.75) is 43.2 Å². The summed E-state index contributed by atoms with van der Waals surface area (Å²) in [6, 6.07) is 2.75. The molecule has 5 heteroatoms. The average molecular weight is 300 g/mol. The van der Waals surface area contributed by atoms with Gasteiger partial charge in [-0.25, -0.2) is 0 Å². The molecule has 3 atom stereocenters. The van der Waals surface area contributed by atoms with Gasteiger partial charge in [-0.2, -0.15) is 28.6 Å². The van der Waals surface area contributed by atoms with Crippen LogP contribution in [-0.2, 0) is 13.5 Å². The molecule has 0 spiro atoms. The van der Waals surface area contributed by atoms with Crippen molar-refractivity contribution in [1.82, 2.24) is 15.1 Å². The lowest BCUT2D eigenvalue weighted by atomic mass is 10.0. The molecule has 2 heterocycles. The predicted molar refractivity (Wildman–Crippen MR) is 87.2 cm³/mol. The van der Waals surface area contributed by atoms with Crippen LogP contribution in [0.15, 0.2) is 12.3 Å². The van der Waals surface area contributed by atoms with E-state index in [1.54, 1.807) is 0 Å². The maximum atomic E-state index is 4.25. The third-order valence-electron chi connectivity index (χ3n) is 3.73. The Kier molecular flexibility index (Phi) is 6.10. The van der Waals surface area contributed by atoms with Crippen molar-refractivity contribution in [3.63, 3.8) is 0 Å². The fraction of sp³-hybridized carbons (Fsp3) is 0.786. The van der Waals surface area contributed by atoms with E-state index in [-0.39, 0.29) is 0 Å². The Bertz CT molecular complexity index is 381. The Balaban J connectivity index is 1.93. The van der Waals surface area contributed by atoms with Crippen LogP contribution in [0.4, 0.5) is 0 Å². The maximum Gasteiger partial charge on any atom is 0.0492 e. The van der Waals surface area contributed by atoms with Gasteiger partial charge in [0, 0.05) is 47.0 Å². The minimum absolute atomic E-state index is 0.618. The first-order chi connectivity index (χ1) is 9.22. The van der Waals surface area contributed by atoms with E-state index in [2.05, 4.69) is 53.9 Å². The Morgan fingerprint density at radius 3 is 2.89 bits per heavy atom. The van der Waals surface area contributed by atoms with Gasteiger partial charge in [-0.05, 0) is 25.5 Å². The number of hydrogen-bond donors (Lipinski definition) is 1. The summed E-state index contributed by atoms with van der Waals surface area (Å²) in [4.78, 5) is 0. The highest BCUT2D eigenvalue weighted by Crippen LogP contribution is 2.34. The third-order valence-corrected chi connectivity index (χ3v) is 6.98. The van der Waals surface area contributed by atoms with Crippen LogP contribution in [0.1, 0.15) is 26.0 Å². The first-order valence-electron chi connectivity index (χ1n) is 7.15. The molecule has 1 aliphatic heterocycles. The van der Waals surface area contributed by atoms with Crippen molar-refractivity contribution in [1.29, 1.82) is 0 Å². The van der Waals surface area contributed by atoms with Gasteiger partial charge >= 0.3 is 0 Å². The van der Waals surface area contributed by atoms with Crippen LogP contribution in [0.2, 0.25) is 0 Å². The van der Waals surface area contributed by atoms with Gasteiger partial charge in [0.1, 0.15) is 0 Å². The van der Waals surface area contributed by atoms with Crippen LogP contribution in [-0.4, -0.2) is 44.4 Å². The Morgan fingerprint density at radius 1 is 1.47 bits per heavy atom. The number of rotatable bonds is 6. The normalized spacial score (nSPS) is 25.4. The van der Waals surface area contributed by atoms with Crippen LogP contribution in [0.3, 0.4) is 0 Å². The SMILES string of the molecule is CCNC(CCc1ccnn1C)C1SCCSC1C. The zero-order valence-electron chi connectivity index (χ0n) is 12.1. The lowest BCUT2D eigenvalue weighted by Crippen LogP contribution is -2.44. The van der Waals surface area contributed by atoms with E-state index in [0.717, 1.165) is 23.5 Å². The summed E-state index contributed by atoms with van der Waals surface area (Å²) in [6.45, 7) is 5.66. The van der Waals surface area contributed by atoms with E-state index >= 15 is 0 Å². The number of nitrogens with one attached hydrogen (secondary N) is 1. The second kappa shape index (κ2) is 7.60. The molecular formula is C14H25N3S2. The zero-order valence-corrected chi connectivity index (χ0v) is 13.8. The van der Waals surface area contributed by atoms with Crippen LogP contribution in [0, 0.1) is 0 Å². The first kappa shape index (κ1) is 15.3. The standard InChI is InChI=1S/C14H25N3S2/c1-4-15-13(14-11(2)18-9-10-19-14)6-5-12-7-8-16-17(12)3/h7-8,11,13-15H,4-6,9-10H2,1-3H3. The zero-order chi connectivity index (χ0) is 13.7. The van der Waals surface area contributed by atoms with E-state index in [1.165, 1.54) is 23.6 Å². The van der Waals surface area contributed by atoms with E-state index in [9.17, 15) is 0 Å². The number of aryl methyl sites for hydroxylation is 2. The molecule has 0 bridgehead atoms. The van der Waals surface area contributed by atoms with Gasteiger partial charge in [0.2, 0.25) is 0 Å². The van der Waals surface area contributed by atoms with Crippen LogP contribution in [0.25, 0.3) is 0 Å². The molecule has 2 rings (SSSR count). The Labute approximate surface area is 125 Å². The summed E-state index contributed by atoms with van der Waals surface area (Å²) in [5.41, 5.74) is 1.34. The fourth-order valence-electron chi connectivity index (χ4n) is 2.69. The number of nitrogens with zero attached hydrogens (tertiary/aromatic N) is 2. The second-order valence-corrected chi connectivity index (χ2v) is 7.83. The van der Waals surface area contributed by atoms with Crippen molar-refractivity contribution in [3.8, 4) is 0 Å². The highest BCUT2D eigenvalue weighted by molar-refractivity contribution is 8.07. The quantitative estimate of drug-likeness (QED) is 0.874. The summed E-state index contributed by atoms with van der Waals surface area (Å²) in [6.07, 6.45) is 4.21. The van der Waals surface area contributed by atoms with Crippen molar-refractivity contribution in [2.24, 2.45) is 7.05 Å². The van der Waals surface area contributed by atoms with E-state index in [1.807, 2.05) is 17.9 Å². The molecule has 0 saturated carbocycles. The van der Waals surface area contributed by atoms with Gasteiger partial charge < -0.3 is 5.32 Å². The minimum Gasteiger partial charge on any atom is -0.313 e. The summed E-state index contributed by atoms with van der Waals surface area (Å²) >= 11 is 4.28. The summed E-state index contributed by atoms with van der Waals surface area (Å²) in [7, 11) is 2.03. The topological polar surface area (TPSA) is 29.9 Å². The van der Waals surface area contributed by atoms with Gasteiger partial charge in [0.05, 0.1) is 0 Å². The van der Waals surface area contributed by atoms with E-state index in [4.69, 9.17) is 0 Å². The molecule has 108 valence electrons. The van der Waals surface area contributed by atoms with Gasteiger partial charge in [0.15, 0.2) is 0 Å². The average Bonchev–Trinajstić information content (AvgIpc) is 2.81. The molecule has 1 fully saturated rings. The van der Waals surface area contributed by atoms with Crippen molar-refractivity contribution >= 4 is 23.5 Å². The van der Waals surface area contributed by atoms with Crippen LogP contribution in [0.5, 0.6) is 0 Å². The van der Waals surface area contributed by atoms with Gasteiger partial charge in [-0.3, -0.25) is 4.68 Å². The molecule has 0 radical (unpaired) electrons. The smallest absolute Gasteiger partial charge is 0.0492 e. The van der Waals surface area contributed by atoms with Gasteiger partial charge in [-0.1, -0.05) is 13.8 Å². The number of aromatic nitrogens is 2. The number of hydrogen-bond acceptors (Lipinski definition) is 4.